The Balaban J connectivity index is 2.00. The second-order valence-corrected chi connectivity index (χ2v) is 5.18. The summed E-state index contributed by atoms with van der Waals surface area (Å²) in [5.74, 6) is 0. The first-order chi connectivity index (χ1) is 7.84. The van der Waals surface area contributed by atoms with E-state index in [0.29, 0.717) is 0 Å². The highest BCUT2D eigenvalue weighted by molar-refractivity contribution is 9.10. The molecule has 0 aliphatic rings. The van der Waals surface area contributed by atoms with E-state index in [9.17, 15) is 0 Å². The molecule has 0 atom stereocenters. The lowest BCUT2D eigenvalue weighted by molar-refractivity contribution is 1.44. The monoisotopic (exact) mass is 290 g/mol. The highest BCUT2D eigenvalue weighted by Gasteiger charge is 1.91. The lowest BCUT2D eigenvalue weighted by Crippen LogP contribution is -1.69. The van der Waals surface area contributed by atoms with Gasteiger partial charge in [-0.2, -0.15) is 0 Å². The van der Waals surface area contributed by atoms with Gasteiger partial charge in [0.25, 0.3) is 0 Å². The van der Waals surface area contributed by atoms with Gasteiger partial charge in [0.2, 0.25) is 0 Å². The van der Waals surface area contributed by atoms with Crippen molar-refractivity contribution < 1.29 is 0 Å². The molecular formula is C14H11BrS. The molecule has 2 rings (SSSR count). The molecule has 16 heavy (non-hydrogen) atoms. The Morgan fingerprint density at radius 2 is 1.75 bits per heavy atom. The Kier molecular flexibility index (Phi) is 4.25. The average Bonchev–Trinajstić information content (AvgIpc) is 2.30. The molecule has 0 nitrogen and oxygen atoms in total. The molecule has 0 saturated carbocycles. The summed E-state index contributed by atoms with van der Waals surface area (Å²) < 4.78 is 1.12. The Morgan fingerprint density at radius 3 is 2.50 bits per heavy atom. The molecule has 0 unspecified atom stereocenters. The molecule has 0 heterocycles. The van der Waals surface area contributed by atoms with Gasteiger partial charge in [-0.15, -0.1) is 0 Å². The molecule has 0 aliphatic heterocycles. The predicted molar refractivity (Wildman–Crippen MR) is 75.5 cm³/mol. The molecule has 80 valence electrons. The van der Waals surface area contributed by atoms with Crippen molar-refractivity contribution >= 4 is 33.8 Å². The molecule has 0 aromatic heterocycles. The van der Waals surface area contributed by atoms with Gasteiger partial charge >= 0.3 is 0 Å². The van der Waals surface area contributed by atoms with Gasteiger partial charge < -0.3 is 0 Å². The van der Waals surface area contributed by atoms with Gasteiger partial charge in [-0.25, -0.2) is 0 Å². The third kappa shape index (κ3) is 3.54. The van der Waals surface area contributed by atoms with Crippen molar-refractivity contribution in [3.8, 4) is 0 Å². The highest BCUT2D eigenvalue weighted by Crippen LogP contribution is 2.23. The third-order valence-electron chi connectivity index (χ3n) is 2.06. The molecule has 0 N–H and O–H groups in total. The summed E-state index contributed by atoms with van der Waals surface area (Å²) in [7, 11) is 0. The van der Waals surface area contributed by atoms with E-state index in [4.69, 9.17) is 0 Å². The van der Waals surface area contributed by atoms with Gasteiger partial charge in [-0.3, -0.25) is 0 Å². The maximum atomic E-state index is 3.46. The fraction of sp³-hybridized carbons (Fsp3) is 0. The Labute approximate surface area is 109 Å². The molecule has 2 aromatic rings. The average molecular weight is 291 g/mol. The number of benzene rings is 2. The predicted octanol–water partition coefficient (Wildman–Crippen LogP) is 5.21. The van der Waals surface area contributed by atoms with E-state index in [1.807, 2.05) is 30.3 Å². The van der Waals surface area contributed by atoms with Crippen LogP contribution in [0.1, 0.15) is 5.56 Å². The molecule has 0 radical (unpaired) electrons. The van der Waals surface area contributed by atoms with Gasteiger partial charge in [0.1, 0.15) is 0 Å². The van der Waals surface area contributed by atoms with Crippen LogP contribution in [0.3, 0.4) is 0 Å². The first kappa shape index (κ1) is 11.5. The summed E-state index contributed by atoms with van der Waals surface area (Å²) in [6.45, 7) is 0. The molecule has 0 spiro atoms. The summed E-state index contributed by atoms with van der Waals surface area (Å²) in [6.07, 6.45) is 2.12. The Bertz CT molecular complexity index is 477. The van der Waals surface area contributed by atoms with Gasteiger partial charge in [-0.05, 0) is 35.2 Å². The summed E-state index contributed by atoms with van der Waals surface area (Å²) in [5.41, 5.74) is 1.23. The van der Waals surface area contributed by atoms with Crippen LogP contribution in [0.4, 0.5) is 0 Å². The van der Waals surface area contributed by atoms with E-state index < -0.39 is 0 Å². The van der Waals surface area contributed by atoms with Crippen LogP contribution in [-0.4, -0.2) is 0 Å². The van der Waals surface area contributed by atoms with Crippen molar-refractivity contribution in [1.82, 2.24) is 0 Å². The minimum absolute atomic E-state index is 1.12. The Morgan fingerprint density at radius 1 is 0.938 bits per heavy atom. The zero-order valence-electron chi connectivity index (χ0n) is 8.64. The van der Waals surface area contributed by atoms with E-state index in [1.54, 1.807) is 11.8 Å². The van der Waals surface area contributed by atoms with Crippen LogP contribution < -0.4 is 0 Å². The van der Waals surface area contributed by atoms with Crippen LogP contribution in [0, 0.1) is 0 Å². The van der Waals surface area contributed by atoms with Crippen LogP contribution in [0.2, 0.25) is 0 Å². The molecule has 0 saturated heterocycles. The summed E-state index contributed by atoms with van der Waals surface area (Å²) in [4.78, 5) is 1.24. The summed E-state index contributed by atoms with van der Waals surface area (Å²) in [5, 5.41) is 2.11. The van der Waals surface area contributed by atoms with Gasteiger partial charge in [0, 0.05) is 9.37 Å². The standard InChI is InChI=1S/C14H11BrS/c15-13-7-4-8-14(11-13)16-10-9-12-5-2-1-3-6-12/h1-11H/b10-9+. The lowest BCUT2D eigenvalue weighted by Gasteiger charge is -1.96. The molecule has 0 aliphatic carbocycles. The van der Waals surface area contributed by atoms with Gasteiger partial charge in [-0.1, -0.05) is 64.1 Å². The quantitative estimate of drug-likeness (QED) is 0.699. The van der Waals surface area contributed by atoms with Crippen molar-refractivity contribution in [2.45, 2.75) is 4.90 Å². The van der Waals surface area contributed by atoms with E-state index >= 15 is 0 Å². The van der Waals surface area contributed by atoms with Crippen LogP contribution in [0.15, 0.2) is 69.4 Å². The van der Waals surface area contributed by atoms with Crippen molar-refractivity contribution in [3.63, 3.8) is 0 Å². The third-order valence-corrected chi connectivity index (χ3v) is 3.35. The second kappa shape index (κ2) is 5.92. The first-order valence-corrected chi connectivity index (χ1v) is 6.66. The first-order valence-electron chi connectivity index (χ1n) is 4.98. The lowest BCUT2D eigenvalue weighted by atomic mass is 10.2. The summed E-state index contributed by atoms with van der Waals surface area (Å²) in [6, 6.07) is 18.6. The van der Waals surface area contributed by atoms with Gasteiger partial charge in [0.15, 0.2) is 0 Å². The smallest absolute Gasteiger partial charge is 0.0186 e. The largest absolute Gasteiger partial charge is 0.0980 e. The molecule has 0 fully saturated rings. The molecule has 2 heteroatoms. The summed E-state index contributed by atoms with van der Waals surface area (Å²) >= 11 is 5.18. The zero-order valence-corrected chi connectivity index (χ0v) is 11.0. The van der Waals surface area contributed by atoms with Crippen molar-refractivity contribution in [1.29, 1.82) is 0 Å². The number of thioether (sulfide) groups is 1. The van der Waals surface area contributed by atoms with E-state index in [0.717, 1.165) is 4.47 Å². The fourth-order valence-corrected chi connectivity index (χ4v) is 2.58. The van der Waals surface area contributed by atoms with Crippen molar-refractivity contribution in [3.05, 3.63) is 70.0 Å². The van der Waals surface area contributed by atoms with Crippen LogP contribution in [-0.2, 0) is 0 Å². The molecular weight excluding hydrogens is 280 g/mol. The highest BCUT2D eigenvalue weighted by atomic mass is 79.9. The zero-order chi connectivity index (χ0) is 11.2. The van der Waals surface area contributed by atoms with Crippen LogP contribution in [0.5, 0.6) is 0 Å². The van der Waals surface area contributed by atoms with Crippen molar-refractivity contribution in [2.75, 3.05) is 0 Å². The maximum Gasteiger partial charge on any atom is 0.0186 e. The maximum absolute atomic E-state index is 3.46. The normalized spacial score (nSPS) is 10.8. The minimum atomic E-state index is 1.12. The van der Waals surface area contributed by atoms with Crippen LogP contribution in [0.25, 0.3) is 6.08 Å². The second-order valence-electron chi connectivity index (χ2n) is 3.29. The number of hydrogen-bond donors (Lipinski definition) is 0. The van der Waals surface area contributed by atoms with Gasteiger partial charge in [0.05, 0.1) is 0 Å². The SMILES string of the molecule is Brc1cccc(S/C=C/c2ccccc2)c1. The molecule has 0 amide bonds. The number of hydrogen-bond acceptors (Lipinski definition) is 1. The Hall–Kier alpha value is -0.990. The number of halogens is 1. The molecule has 0 bridgehead atoms. The van der Waals surface area contributed by atoms with E-state index in [2.05, 4.69) is 51.7 Å². The van der Waals surface area contributed by atoms with E-state index in [1.165, 1.54) is 10.5 Å². The van der Waals surface area contributed by atoms with Crippen LogP contribution >= 0.6 is 27.7 Å². The van der Waals surface area contributed by atoms with Crippen molar-refractivity contribution in [2.24, 2.45) is 0 Å². The minimum Gasteiger partial charge on any atom is -0.0980 e. The topological polar surface area (TPSA) is 0 Å². The fourth-order valence-electron chi connectivity index (χ4n) is 1.30. The van der Waals surface area contributed by atoms with E-state index in [-0.39, 0.29) is 0 Å². The number of rotatable bonds is 3. The molecule has 2 aromatic carbocycles.